The van der Waals surface area contributed by atoms with E-state index in [4.69, 9.17) is 0 Å². The number of hydrogen-bond donors (Lipinski definition) is 1. The molecule has 3 aromatic rings. The zero-order valence-electron chi connectivity index (χ0n) is 15.5. The number of nitrogens with one attached hydrogen (secondary N) is 1. The molecule has 1 heterocycles. The highest BCUT2D eigenvalue weighted by molar-refractivity contribution is 7.92. The van der Waals surface area contributed by atoms with Gasteiger partial charge in [0, 0.05) is 6.54 Å². The van der Waals surface area contributed by atoms with Crippen LogP contribution in [0.3, 0.4) is 0 Å². The molecule has 0 aliphatic carbocycles. The van der Waals surface area contributed by atoms with Crippen LogP contribution in [0.2, 0.25) is 0 Å². The van der Waals surface area contributed by atoms with Crippen molar-refractivity contribution in [3.8, 4) is 11.1 Å². The lowest BCUT2D eigenvalue weighted by molar-refractivity contribution is -0.143. The average molecular weight is 427 g/mol. The Morgan fingerprint density at radius 3 is 2.31 bits per heavy atom. The van der Waals surface area contributed by atoms with E-state index in [-0.39, 0.29) is 22.6 Å². The molecule has 0 amide bonds. The summed E-state index contributed by atoms with van der Waals surface area (Å²) in [6.07, 6.45) is -4.84. The molecule has 0 aliphatic heterocycles. The van der Waals surface area contributed by atoms with Gasteiger partial charge < -0.3 is 0 Å². The molecule has 3 rings (SSSR count). The predicted molar refractivity (Wildman–Crippen MR) is 100 cm³/mol. The smallest absolute Gasteiger partial charge is 0.261 e. The zero-order valence-corrected chi connectivity index (χ0v) is 16.3. The van der Waals surface area contributed by atoms with Crippen molar-refractivity contribution >= 4 is 15.8 Å². The standard InChI is InChI=1S/C19H17F4N3O2S/c1-3-26-17(19(21,22)23)16(13-10-9-12(2)15(20)11-13)18(24-26)25-29(27,28)14-7-5-4-6-8-14/h4-11H,3H2,1-2H3,(H,24,25). The van der Waals surface area contributed by atoms with E-state index in [2.05, 4.69) is 9.82 Å². The number of nitrogens with zero attached hydrogens (tertiary/aromatic N) is 2. The van der Waals surface area contributed by atoms with E-state index in [9.17, 15) is 26.0 Å². The first-order valence-electron chi connectivity index (χ1n) is 8.57. The van der Waals surface area contributed by atoms with Crippen molar-refractivity contribution in [2.75, 3.05) is 4.72 Å². The van der Waals surface area contributed by atoms with E-state index in [1.54, 1.807) is 6.07 Å². The monoisotopic (exact) mass is 427 g/mol. The third-order valence-corrected chi connectivity index (χ3v) is 5.62. The molecule has 0 saturated heterocycles. The molecule has 0 fully saturated rings. The Hall–Kier alpha value is -2.88. The minimum atomic E-state index is -4.84. The van der Waals surface area contributed by atoms with Gasteiger partial charge in [-0.2, -0.15) is 18.3 Å². The Bertz CT molecular complexity index is 1140. The molecule has 0 unspecified atom stereocenters. The summed E-state index contributed by atoms with van der Waals surface area (Å²) in [5.41, 5.74) is -1.57. The topological polar surface area (TPSA) is 64.0 Å². The minimum Gasteiger partial charge on any atom is -0.261 e. The van der Waals surface area contributed by atoms with E-state index in [0.29, 0.717) is 4.68 Å². The molecule has 2 aromatic carbocycles. The quantitative estimate of drug-likeness (QED) is 0.593. The van der Waals surface area contributed by atoms with Gasteiger partial charge in [-0.15, -0.1) is 0 Å². The molecule has 0 atom stereocenters. The normalized spacial score (nSPS) is 12.2. The van der Waals surface area contributed by atoms with Crippen LogP contribution in [0.15, 0.2) is 53.4 Å². The fourth-order valence-corrected chi connectivity index (χ4v) is 3.89. The molecule has 10 heteroatoms. The summed E-state index contributed by atoms with van der Waals surface area (Å²) in [6, 6.07) is 10.7. The van der Waals surface area contributed by atoms with E-state index in [1.807, 2.05) is 0 Å². The fourth-order valence-electron chi connectivity index (χ4n) is 2.86. The summed E-state index contributed by atoms with van der Waals surface area (Å²) in [6.45, 7) is 2.75. The van der Waals surface area contributed by atoms with Gasteiger partial charge in [0.2, 0.25) is 0 Å². The van der Waals surface area contributed by atoms with Gasteiger partial charge in [0.25, 0.3) is 10.0 Å². The van der Waals surface area contributed by atoms with Crippen molar-refractivity contribution in [2.45, 2.75) is 31.5 Å². The molecular formula is C19H17F4N3O2S. The maximum atomic E-state index is 14.1. The number of hydrogen-bond acceptors (Lipinski definition) is 3. The average Bonchev–Trinajstić information content (AvgIpc) is 3.03. The van der Waals surface area contributed by atoms with Crippen molar-refractivity contribution in [1.29, 1.82) is 0 Å². The number of sulfonamides is 1. The van der Waals surface area contributed by atoms with E-state index in [1.165, 1.54) is 50.2 Å². The first-order valence-corrected chi connectivity index (χ1v) is 10.0. The van der Waals surface area contributed by atoms with Crippen LogP contribution in [0, 0.1) is 12.7 Å². The lowest BCUT2D eigenvalue weighted by Gasteiger charge is -2.13. The Morgan fingerprint density at radius 1 is 1.10 bits per heavy atom. The van der Waals surface area contributed by atoms with E-state index in [0.717, 1.165) is 6.07 Å². The summed E-state index contributed by atoms with van der Waals surface area (Å²) in [7, 11) is -4.21. The number of halogens is 4. The number of benzene rings is 2. The Balaban J connectivity index is 2.24. The van der Waals surface area contributed by atoms with Crippen LogP contribution >= 0.6 is 0 Å². The van der Waals surface area contributed by atoms with Gasteiger partial charge in [0.05, 0.1) is 10.5 Å². The Labute approximate surface area is 165 Å². The maximum absolute atomic E-state index is 14.1. The third kappa shape index (κ3) is 4.12. The first-order chi connectivity index (χ1) is 13.5. The van der Waals surface area contributed by atoms with Crippen molar-refractivity contribution < 1.29 is 26.0 Å². The van der Waals surface area contributed by atoms with E-state index >= 15 is 0 Å². The molecule has 0 radical (unpaired) electrons. The Kier molecular flexibility index (Phi) is 5.40. The summed E-state index contributed by atoms with van der Waals surface area (Å²) in [4.78, 5) is -0.138. The van der Waals surface area contributed by atoms with Crippen LogP contribution in [-0.2, 0) is 22.7 Å². The van der Waals surface area contributed by atoms with E-state index < -0.39 is 39.1 Å². The van der Waals surface area contributed by atoms with Crippen LogP contribution < -0.4 is 4.72 Å². The van der Waals surface area contributed by atoms with Gasteiger partial charge in [-0.05, 0) is 43.2 Å². The first kappa shape index (κ1) is 20.8. The number of alkyl halides is 3. The van der Waals surface area contributed by atoms with Crippen molar-refractivity contribution in [1.82, 2.24) is 9.78 Å². The number of aromatic nitrogens is 2. The van der Waals surface area contributed by atoms with Crippen LogP contribution in [0.1, 0.15) is 18.2 Å². The second kappa shape index (κ2) is 7.51. The molecule has 0 spiro atoms. The summed E-state index contributed by atoms with van der Waals surface area (Å²) < 4.78 is 83.5. The highest BCUT2D eigenvalue weighted by Crippen LogP contribution is 2.42. The summed E-state index contributed by atoms with van der Waals surface area (Å²) in [5.74, 6) is -1.23. The number of aryl methyl sites for hydroxylation is 2. The lowest BCUT2D eigenvalue weighted by Crippen LogP contribution is -2.15. The minimum absolute atomic E-state index is 0.133. The maximum Gasteiger partial charge on any atom is 0.433 e. The van der Waals surface area contributed by atoms with Gasteiger partial charge in [0.15, 0.2) is 11.5 Å². The molecule has 0 saturated carbocycles. The van der Waals surface area contributed by atoms with Gasteiger partial charge in [0.1, 0.15) is 5.82 Å². The van der Waals surface area contributed by atoms with Gasteiger partial charge in [-0.1, -0.05) is 30.3 Å². The molecule has 0 aliphatic rings. The predicted octanol–water partition coefficient (Wildman–Crippen LogP) is 4.84. The molecule has 154 valence electrons. The van der Waals surface area contributed by atoms with Crippen molar-refractivity contribution in [3.05, 3.63) is 65.6 Å². The second-order valence-corrected chi connectivity index (χ2v) is 7.95. The summed E-state index contributed by atoms with van der Waals surface area (Å²) >= 11 is 0. The fraction of sp³-hybridized carbons (Fsp3) is 0.211. The zero-order chi connectivity index (χ0) is 21.4. The second-order valence-electron chi connectivity index (χ2n) is 6.27. The number of rotatable bonds is 5. The van der Waals surface area contributed by atoms with Crippen molar-refractivity contribution in [2.24, 2.45) is 0 Å². The van der Waals surface area contributed by atoms with Crippen LogP contribution in [-0.4, -0.2) is 18.2 Å². The third-order valence-electron chi connectivity index (χ3n) is 4.27. The largest absolute Gasteiger partial charge is 0.433 e. The molecule has 1 N–H and O–H groups in total. The lowest BCUT2D eigenvalue weighted by atomic mass is 10.0. The van der Waals surface area contributed by atoms with Gasteiger partial charge in [-0.3, -0.25) is 9.40 Å². The molecule has 5 nitrogen and oxygen atoms in total. The number of anilines is 1. The highest BCUT2D eigenvalue weighted by atomic mass is 32.2. The SMILES string of the molecule is CCn1nc(NS(=O)(=O)c2ccccc2)c(-c2ccc(C)c(F)c2)c1C(F)(F)F. The van der Waals surface area contributed by atoms with Crippen LogP contribution in [0.4, 0.5) is 23.4 Å². The highest BCUT2D eigenvalue weighted by Gasteiger charge is 2.41. The molecular weight excluding hydrogens is 410 g/mol. The van der Waals surface area contributed by atoms with Crippen LogP contribution in [0.25, 0.3) is 11.1 Å². The molecule has 1 aromatic heterocycles. The Morgan fingerprint density at radius 2 is 1.76 bits per heavy atom. The van der Waals surface area contributed by atoms with Gasteiger partial charge in [-0.25, -0.2) is 12.8 Å². The van der Waals surface area contributed by atoms with Crippen molar-refractivity contribution in [3.63, 3.8) is 0 Å². The van der Waals surface area contributed by atoms with Gasteiger partial charge >= 0.3 is 6.18 Å². The summed E-state index contributed by atoms with van der Waals surface area (Å²) in [5, 5.41) is 3.82. The molecule has 0 bridgehead atoms. The van der Waals surface area contributed by atoms with Crippen LogP contribution in [0.5, 0.6) is 0 Å². The molecule has 29 heavy (non-hydrogen) atoms.